The summed E-state index contributed by atoms with van der Waals surface area (Å²) < 4.78 is 139. The van der Waals surface area contributed by atoms with E-state index in [0.717, 1.165) is 34.4 Å². The molecule has 0 radical (unpaired) electrons. The van der Waals surface area contributed by atoms with Crippen molar-refractivity contribution in [3.8, 4) is 28.1 Å². The van der Waals surface area contributed by atoms with Crippen LogP contribution in [0.3, 0.4) is 0 Å². The summed E-state index contributed by atoms with van der Waals surface area (Å²) in [7, 11) is 1.32. The molecular weight excluding hydrogens is 719 g/mol. The molecule has 1 aromatic heterocycles. The molecule has 0 N–H and O–H groups in total. The van der Waals surface area contributed by atoms with Crippen LogP contribution in [0.5, 0.6) is 5.75 Å². The lowest BCUT2D eigenvalue weighted by molar-refractivity contribution is -0.143. The Labute approximate surface area is 288 Å². The fraction of sp³-hybridized carbons (Fsp3) is 0.324. The van der Waals surface area contributed by atoms with Crippen LogP contribution < -0.4 is 4.74 Å². The Kier molecular flexibility index (Phi) is 10.1. The highest BCUT2D eigenvalue weighted by molar-refractivity contribution is 7.13. The first kappa shape index (κ1) is 37.5. The van der Waals surface area contributed by atoms with Gasteiger partial charge in [-0.05, 0) is 86.0 Å². The summed E-state index contributed by atoms with van der Waals surface area (Å²) in [6.07, 6.45) is -18.0. The van der Waals surface area contributed by atoms with Gasteiger partial charge in [0.15, 0.2) is 0 Å². The van der Waals surface area contributed by atoms with Crippen LogP contribution in [0, 0.1) is 6.92 Å². The highest BCUT2D eigenvalue weighted by Crippen LogP contribution is 2.44. The summed E-state index contributed by atoms with van der Waals surface area (Å²) in [5.41, 5.74) is -3.76. The van der Waals surface area contributed by atoms with E-state index >= 15 is 0 Å². The van der Waals surface area contributed by atoms with Gasteiger partial charge < -0.3 is 14.2 Å². The molecule has 3 aromatic carbocycles. The molecule has 272 valence electrons. The Hall–Kier alpha value is -4.80. The van der Waals surface area contributed by atoms with E-state index in [-0.39, 0.29) is 40.1 Å². The van der Waals surface area contributed by atoms with E-state index in [1.54, 1.807) is 26.0 Å². The molecule has 1 fully saturated rings. The van der Waals surface area contributed by atoms with Crippen LogP contribution in [-0.4, -0.2) is 41.7 Å². The van der Waals surface area contributed by atoms with Crippen LogP contribution in [0.4, 0.5) is 44.3 Å². The van der Waals surface area contributed by atoms with Gasteiger partial charge in [0, 0.05) is 16.0 Å². The number of rotatable bonds is 8. The smallest absolute Gasteiger partial charge is 0.416 e. The minimum absolute atomic E-state index is 0.0656. The molecule has 0 spiro atoms. The molecule has 51 heavy (non-hydrogen) atoms. The van der Waals surface area contributed by atoms with Crippen molar-refractivity contribution < 1.29 is 63.3 Å². The first-order valence-corrected chi connectivity index (χ1v) is 15.8. The third kappa shape index (κ3) is 7.77. The van der Waals surface area contributed by atoms with Crippen LogP contribution >= 0.6 is 11.3 Å². The summed E-state index contributed by atoms with van der Waals surface area (Å²) in [4.78, 5) is 31.4. The van der Waals surface area contributed by atoms with Crippen molar-refractivity contribution in [3.63, 3.8) is 0 Å². The van der Waals surface area contributed by atoms with Gasteiger partial charge in [0.1, 0.15) is 11.9 Å². The minimum atomic E-state index is -5.17. The number of aryl methyl sites for hydroxylation is 1. The van der Waals surface area contributed by atoms with Crippen molar-refractivity contribution in [3.05, 3.63) is 92.3 Å². The number of halogens is 9. The lowest BCUT2D eigenvalue weighted by atomic mass is 9.93. The number of methoxy groups -OCH3 is 1. The number of alkyl halides is 9. The number of hydrogen-bond acceptors (Lipinski definition) is 7. The predicted octanol–water partition coefficient (Wildman–Crippen LogP) is 10.1. The lowest BCUT2D eigenvalue weighted by Gasteiger charge is -2.24. The number of hydrogen-bond donors (Lipinski definition) is 0. The summed E-state index contributed by atoms with van der Waals surface area (Å²) in [6, 6.07) is 7.06. The maximum atomic E-state index is 14.0. The fourth-order valence-corrected chi connectivity index (χ4v) is 6.49. The lowest BCUT2D eigenvalue weighted by Crippen LogP contribution is -2.32. The number of esters is 1. The monoisotopic (exact) mass is 746 g/mol. The van der Waals surface area contributed by atoms with Crippen molar-refractivity contribution in [2.45, 2.75) is 58.0 Å². The molecule has 0 saturated carbocycles. The molecule has 1 aliphatic rings. The Morgan fingerprint density at radius 1 is 0.882 bits per heavy atom. The number of carbonyl (C=O) groups is 2. The van der Waals surface area contributed by atoms with E-state index in [2.05, 4.69) is 4.98 Å². The fourth-order valence-electron chi connectivity index (χ4n) is 5.66. The molecule has 4 aromatic rings. The van der Waals surface area contributed by atoms with Gasteiger partial charge in [0.2, 0.25) is 5.01 Å². The Balaban J connectivity index is 1.58. The van der Waals surface area contributed by atoms with E-state index in [9.17, 15) is 49.1 Å². The average Bonchev–Trinajstić information content (AvgIpc) is 3.58. The van der Waals surface area contributed by atoms with Gasteiger partial charge in [0.25, 0.3) is 0 Å². The van der Waals surface area contributed by atoms with Crippen LogP contribution in [0.2, 0.25) is 0 Å². The normalized spacial score (nSPS) is 16.7. The highest BCUT2D eigenvalue weighted by Gasteiger charge is 2.44. The molecule has 0 bridgehead atoms. The largest absolute Gasteiger partial charge is 0.496 e. The van der Waals surface area contributed by atoms with Crippen LogP contribution in [0.1, 0.15) is 62.4 Å². The number of thiazole rings is 1. The quantitative estimate of drug-likeness (QED) is 0.132. The molecule has 1 aliphatic heterocycles. The van der Waals surface area contributed by atoms with Crippen LogP contribution in [0.15, 0.2) is 54.6 Å². The molecule has 17 heteroatoms. The number of nitrogens with zero attached hydrogens (tertiary/aromatic N) is 2. The average molecular weight is 747 g/mol. The minimum Gasteiger partial charge on any atom is -0.496 e. The van der Waals surface area contributed by atoms with Crippen LogP contribution in [0.25, 0.3) is 22.4 Å². The van der Waals surface area contributed by atoms with Gasteiger partial charge in [-0.1, -0.05) is 6.07 Å². The SMILES string of the molecule is CCOC(=O)c1nc(-c2ccc(OC)c(-c3ccc(C(F)(F)F)cc3CN3C(=O)O[C@H](c4cc(C(F)(F)F)cc(C(F)(F)F)c4)[C@@H]3C)c2)c(C)s1. The van der Waals surface area contributed by atoms with E-state index in [1.807, 2.05) is 0 Å². The molecule has 1 saturated heterocycles. The van der Waals surface area contributed by atoms with Gasteiger partial charge in [0.05, 0.1) is 48.7 Å². The zero-order chi connectivity index (χ0) is 37.6. The Bertz CT molecular complexity index is 1940. The first-order valence-electron chi connectivity index (χ1n) is 15.0. The van der Waals surface area contributed by atoms with Gasteiger partial charge in [-0.15, -0.1) is 11.3 Å². The maximum Gasteiger partial charge on any atom is 0.416 e. The van der Waals surface area contributed by atoms with Gasteiger partial charge in [-0.3, -0.25) is 4.90 Å². The first-order chi connectivity index (χ1) is 23.7. The summed E-state index contributed by atoms with van der Waals surface area (Å²) in [5, 5.41) is 0.0798. The number of carbonyl (C=O) groups excluding carboxylic acids is 2. The number of cyclic esters (lactones) is 1. The standard InChI is InChI=1S/C34H27F9N2O5S/c1-5-49-30(46)29-44-27(17(3)51-29)18-6-9-26(48-4)25(13-18)24-8-7-21(32(35,36)37)12-20(24)15-45-16(2)28(50-31(45)47)19-10-22(33(38,39)40)14-23(11-19)34(41,42)43/h6-14,16,28H,5,15H2,1-4H3/t16-,28-/m0/s1. The second-order valence-electron chi connectivity index (χ2n) is 11.4. The van der Waals surface area contributed by atoms with E-state index in [0.29, 0.717) is 28.3 Å². The van der Waals surface area contributed by atoms with Gasteiger partial charge in [-0.25, -0.2) is 14.6 Å². The molecule has 2 atom stereocenters. The molecule has 2 heterocycles. The van der Waals surface area contributed by atoms with E-state index < -0.39 is 71.5 Å². The van der Waals surface area contributed by atoms with Crippen molar-refractivity contribution in [2.75, 3.05) is 13.7 Å². The second-order valence-corrected chi connectivity index (χ2v) is 12.6. The summed E-state index contributed by atoms with van der Waals surface area (Å²) in [5.74, 6) is -0.433. The topological polar surface area (TPSA) is 78.0 Å². The third-order valence-electron chi connectivity index (χ3n) is 8.11. The molecule has 0 aliphatic carbocycles. The van der Waals surface area contributed by atoms with Crippen molar-refractivity contribution in [1.29, 1.82) is 0 Å². The molecule has 7 nitrogen and oxygen atoms in total. The van der Waals surface area contributed by atoms with Crippen molar-refractivity contribution in [1.82, 2.24) is 9.88 Å². The Morgan fingerprint density at radius 3 is 2.08 bits per heavy atom. The molecule has 1 amide bonds. The van der Waals surface area contributed by atoms with Crippen molar-refractivity contribution >= 4 is 23.4 Å². The third-order valence-corrected chi connectivity index (χ3v) is 9.06. The highest BCUT2D eigenvalue weighted by atomic mass is 32.1. The predicted molar refractivity (Wildman–Crippen MR) is 166 cm³/mol. The van der Waals surface area contributed by atoms with Gasteiger partial charge in [-0.2, -0.15) is 39.5 Å². The maximum absolute atomic E-state index is 14.0. The Morgan fingerprint density at radius 2 is 1.51 bits per heavy atom. The van der Waals surface area contributed by atoms with E-state index in [1.165, 1.54) is 20.1 Å². The summed E-state index contributed by atoms with van der Waals surface area (Å²) >= 11 is 1.08. The summed E-state index contributed by atoms with van der Waals surface area (Å²) in [6.45, 7) is 4.17. The zero-order valence-electron chi connectivity index (χ0n) is 27.0. The molecule has 0 unspecified atom stereocenters. The number of aromatic nitrogens is 1. The number of amides is 1. The van der Waals surface area contributed by atoms with E-state index in [4.69, 9.17) is 14.2 Å². The van der Waals surface area contributed by atoms with Crippen LogP contribution in [-0.2, 0) is 34.5 Å². The second kappa shape index (κ2) is 13.7. The number of benzene rings is 3. The van der Waals surface area contributed by atoms with Crippen molar-refractivity contribution in [2.24, 2.45) is 0 Å². The molecular formula is C34H27F9N2O5S. The molecule has 5 rings (SSSR count). The zero-order valence-corrected chi connectivity index (χ0v) is 27.8. The number of ether oxygens (including phenoxy) is 3. The van der Waals surface area contributed by atoms with Gasteiger partial charge >= 0.3 is 30.6 Å².